The van der Waals surface area contributed by atoms with E-state index in [1.807, 2.05) is 60.0 Å². The summed E-state index contributed by atoms with van der Waals surface area (Å²) in [7, 11) is 0. The van der Waals surface area contributed by atoms with Crippen LogP contribution >= 0.6 is 50.9 Å². The number of nitrogens with zero attached hydrogens (tertiary/aromatic N) is 4. The molecule has 4 rings (SSSR count). The molecule has 0 bridgehead atoms. The fourth-order valence-electron chi connectivity index (χ4n) is 3.06. The van der Waals surface area contributed by atoms with Crippen molar-refractivity contribution in [3.8, 4) is 17.1 Å². The van der Waals surface area contributed by atoms with Gasteiger partial charge in [-0.05, 0) is 73.2 Å². The Kier molecular flexibility index (Phi) is 8.05. The van der Waals surface area contributed by atoms with Crippen LogP contribution in [0.15, 0.2) is 87.5 Å². The summed E-state index contributed by atoms with van der Waals surface area (Å²) in [6.45, 7) is 1.84. The predicted molar refractivity (Wildman–Crippen MR) is 142 cm³/mol. The summed E-state index contributed by atoms with van der Waals surface area (Å²) < 4.78 is 2.83. The van der Waals surface area contributed by atoms with Gasteiger partial charge in [0.1, 0.15) is 0 Å². The second kappa shape index (κ2) is 11.2. The quantitative estimate of drug-likeness (QED) is 0.153. The molecule has 1 N–H and O–H groups in total. The van der Waals surface area contributed by atoms with E-state index >= 15 is 0 Å². The number of hydrogen-bond acceptors (Lipinski definition) is 5. The van der Waals surface area contributed by atoms with Gasteiger partial charge in [0.05, 0.1) is 11.5 Å². The number of nitrogens with one attached hydrogen (secondary N) is 1. The van der Waals surface area contributed by atoms with E-state index in [2.05, 4.69) is 36.7 Å². The number of aromatic nitrogens is 3. The molecule has 34 heavy (non-hydrogen) atoms. The minimum absolute atomic E-state index is 0.113. The smallest absolute Gasteiger partial charge is 0.250 e. The Morgan fingerprint density at radius 1 is 1.03 bits per heavy atom. The van der Waals surface area contributed by atoms with Crippen molar-refractivity contribution in [1.82, 2.24) is 20.2 Å². The van der Waals surface area contributed by atoms with Gasteiger partial charge < -0.3 is 0 Å². The van der Waals surface area contributed by atoms with Crippen molar-refractivity contribution in [1.29, 1.82) is 0 Å². The highest BCUT2D eigenvalue weighted by Gasteiger charge is 2.17. The summed E-state index contributed by atoms with van der Waals surface area (Å²) >= 11 is 16.8. The van der Waals surface area contributed by atoms with Gasteiger partial charge in [0.2, 0.25) is 0 Å². The SMILES string of the molecule is C/C(=N/NC(=O)CSc1nnc(-c2ccc(Cl)cc2)n1-c1ccc(Cl)cc1)c1cccc(Br)c1. The Labute approximate surface area is 219 Å². The van der Waals surface area contributed by atoms with E-state index in [4.69, 9.17) is 23.2 Å². The fraction of sp³-hybridized carbons (Fsp3) is 0.0833. The van der Waals surface area contributed by atoms with Crippen molar-refractivity contribution in [2.24, 2.45) is 5.10 Å². The number of rotatable bonds is 7. The number of hydrazone groups is 1. The Bertz CT molecular complexity index is 1340. The maximum absolute atomic E-state index is 12.5. The lowest BCUT2D eigenvalue weighted by Gasteiger charge is -2.10. The van der Waals surface area contributed by atoms with E-state index in [-0.39, 0.29) is 11.7 Å². The first-order valence-electron chi connectivity index (χ1n) is 10.1. The van der Waals surface area contributed by atoms with Gasteiger partial charge >= 0.3 is 0 Å². The van der Waals surface area contributed by atoms with Gasteiger partial charge in [0.15, 0.2) is 11.0 Å². The molecule has 0 aliphatic carbocycles. The summed E-state index contributed by atoms with van der Waals surface area (Å²) in [5.41, 5.74) is 5.89. The molecular formula is C24H18BrCl2N5OS. The van der Waals surface area contributed by atoms with Crippen LogP contribution < -0.4 is 5.43 Å². The Balaban J connectivity index is 1.53. The van der Waals surface area contributed by atoms with Crippen LogP contribution in [0.2, 0.25) is 10.0 Å². The molecule has 0 aliphatic rings. The fourth-order valence-corrected chi connectivity index (χ4v) is 4.45. The molecule has 0 spiro atoms. The third kappa shape index (κ3) is 6.07. The minimum Gasteiger partial charge on any atom is -0.272 e. The monoisotopic (exact) mass is 573 g/mol. The average Bonchev–Trinajstić information content (AvgIpc) is 3.26. The lowest BCUT2D eigenvalue weighted by molar-refractivity contribution is -0.118. The van der Waals surface area contributed by atoms with E-state index < -0.39 is 0 Å². The third-order valence-corrected chi connectivity index (χ3v) is 6.67. The molecule has 0 saturated heterocycles. The Morgan fingerprint density at radius 2 is 1.71 bits per heavy atom. The first kappa shape index (κ1) is 24.5. The maximum atomic E-state index is 12.5. The van der Waals surface area contributed by atoms with Crippen LogP contribution in [-0.2, 0) is 4.79 Å². The molecule has 1 heterocycles. The van der Waals surface area contributed by atoms with E-state index in [9.17, 15) is 4.79 Å². The molecule has 0 saturated carbocycles. The zero-order valence-corrected chi connectivity index (χ0v) is 21.8. The molecule has 0 fully saturated rings. The van der Waals surface area contributed by atoms with Crippen LogP contribution in [0.5, 0.6) is 0 Å². The Hall–Kier alpha value is -2.65. The highest BCUT2D eigenvalue weighted by Crippen LogP contribution is 2.29. The van der Waals surface area contributed by atoms with Gasteiger partial charge in [-0.1, -0.05) is 63.0 Å². The molecule has 1 aromatic heterocycles. The standard InChI is InChI=1S/C24H18BrCl2N5OS/c1-15(17-3-2-4-18(25)13-17)28-29-22(33)14-34-24-31-30-23(16-5-7-19(26)8-6-16)32(24)21-11-9-20(27)10-12-21/h2-13H,14H2,1H3,(H,29,33)/b28-15-. The lowest BCUT2D eigenvalue weighted by atomic mass is 10.1. The van der Waals surface area contributed by atoms with E-state index in [0.717, 1.165) is 21.3 Å². The van der Waals surface area contributed by atoms with Crippen molar-refractivity contribution in [2.45, 2.75) is 12.1 Å². The van der Waals surface area contributed by atoms with Crippen molar-refractivity contribution in [2.75, 3.05) is 5.75 Å². The van der Waals surface area contributed by atoms with Gasteiger partial charge in [-0.2, -0.15) is 5.10 Å². The van der Waals surface area contributed by atoms with Crippen LogP contribution in [0.3, 0.4) is 0 Å². The average molecular weight is 575 g/mol. The molecule has 0 unspecified atom stereocenters. The molecule has 10 heteroatoms. The van der Waals surface area contributed by atoms with Crippen molar-refractivity contribution < 1.29 is 4.79 Å². The van der Waals surface area contributed by atoms with E-state index in [1.165, 1.54) is 11.8 Å². The van der Waals surface area contributed by atoms with Crippen LogP contribution in [0, 0.1) is 0 Å². The van der Waals surface area contributed by atoms with Crippen LogP contribution in [-0.4, -0.2) is 32.1 Å². The van der Waals surface area contributed by atoms with E-state index in [0.29, 0.717) is 26.7 Å². The molecule has 0 aliphatic heterocycles. The number of amides is 1. The van der Waals surface area contributed by atoms with Crippen LogP contribution in [0.4, 0.5) is 0 Å². The molecule has 3 aromatic carbocycles. The van der Waals surface area contributed by atoms with Gasteiger partial charge in [-0.15, -0.1) is 10.2 Å². The second-order valence-corrected chi connectivity index (χ2v) is 9.89. The third-order valence-electron chi connectivity index (χ3n) is 4.74. The van der Waals surface area contributed by atoms with Gasteiger partial charge in [0, 0.05) is 25.8 Å². The zero-order valence-electron chi connectivity index (χ0n) is 17.9. The number of carbonyl (C=O) groups excluding carboxylic acids is 1. The largest absolute Gasteiger partial charge is 0.272 e. The summed E-state index contributed by atoms with van der Waals surface area (Å²) in [6.07, 6.45) is 0. The van der Waals surface area contributed by atoms with Crippen molar-refractivity contribution >= 4 is 62.5 Å². The molecule has 6 nitrogen and oxygen atoms in total. The van der Waals surface area contributed by atoms with Crippen LogP contribution in [0.1, 0.15) is 12.5 Å². The minimum atomic E-state index is -0.252. The van der Waals surface area contributed by atoms with Crippen molar-refractivity contribution in [3.05, 3.63) is 92.9 Å². The predicted octanol–water partition coefficient (Wildman–Crippen LogP) is 6.64. The molecule has 1 amide bonds. The first-order valence-corrected chi connectivity index (χ1v) is 12.6. The molecule has 0 atom stereocenters. The number of benzene rings is 3. The highest BCUT2D eigenvalue weighted by molar-refractivity contribution is 9.10. The van der Waals surface area contributed by atoms with Crippen molar-refractivity contribution in [3.63, 3.8) is 0 Å². The number of hydrogen-bond donors (Lipinski definition) is 1. The summed E-state index contributed by atoms with van der Waals surface area (Å²) in [5, 5.41) is 14.7. The lowest BCUT2D eigenvalue weighted by Crippen LogP contribution is -2.21. The number of carbonyl (C=O) groups is 1. The maximum Gasteiger partial charge on any atom is 0.250 e. The van der Waals surface area contributed by atoms with Gasteiger partial charge in [-0.25, -0.2) is 5.43 Å². The normalized spacial score (nSPS) is 11.5. The summed E-state index contributed by atoms with van der Waals surface area (Å²) in [5.74, 6) is 0.491. The Morgan fingerprint density at radius 3 is 2.38 bits per heavy atom. The van der Waals surface area contributed by atoms with Gasteiger partial charge in [0.25, 0.3) is 5.91 Å². The first-order chi connectivity index (χ1) is 16.4. The highest BCUT2D eigenvalue weighted by atomic mass is 79.9. The zero-order chi connectivity index (χ0) is 24.1. The molecular weight excluding hydrogens is 557 g/mol. The van der Waals surface area contributed by atoms with E-state index in [1.54, 1.807) is 24.3 Å². The molecule has 172 valence electrons. The van der Waals surface area contributed by atoms with Crippen LogP contribution in [0.25, 0.3) is 17.1 Å². The summed E-state index contributed by atoms with van der Waals surface area (Å²) in [6, 6.07) is 22.4. The summed E-state index contributed by atoms with van der Waals surface area (Å²) in [4.78, 5) is 12.5. The number of thioether (sulfide) groups is 1. The second-order valence-electron chi connectivity index (χ2n) is 7.16. The molecule has 4 aromatic rings. The topological polar surface area (TPSA) is 72.2 Å². The molecule has 0 radical (unpaired) electrons. The van der Waals surface area contributed by atoms with Gasteiger partial charge in [-0.3, -0.25) is 9.36 Å². The number of halogens is 3.